The van der Waals surface area contributed by atoms with Gasteiger partial charge in [0.1, 0.15) is 0 Å². The molecule has 96 valence electrons. The summed E-state index contributed by atoms with van der Waals surface area (Å²) in [6.07, 6.45) is 0. The van der Waals surface area contributed by atoms with Crippen molar-refractivity contribution < 1.29 is 19.1 Å². The van der Waals surface area contributed by atoms with Crippen molar-refractivity contribution >= 4 is 11.8 Å². The maximum absolute atomic E-state index is 11.2. The molecule has 0 bridgehead atoms. The number of rotatable bonds is 3. The van der Waals surface area contributed by atoms with Gasteiger partial charge in [-0.05, 0) is 0 Å². The lowest BCUT2D eigenvalue weighted by molar-refractivity contribution is -0.165. The van der Waals surface area contributed by atoms with Gasteiger partial charge in [0.25, 0.3) is 0 Å². The van der Waals surface area contributed by atoms with Crippen molar-refractivity contribution in [2.45, 2.75) is 5.79 Å². The van der Waals surface area contributed by atoms with Crippen LogP contribution in [0.15, 0.2) is 30.3 Å². The van der Waals surface area contributed by atoms with Crippen LogP contribution in [-0.2, 0) is 24.8 Å². The molecule has 1 fully saturated rings. The van der Waals surface area contributed by atoms with E-state index in [2.05, 4.69) is 5.32 Å². The molecule has 0 unspecified atom stereocenters. The van der Waals surface area contributed by atoms with Gasteiger partial charge >= 0.3 is 11.8 Å². The van der Waals surface area contributed by atoms with Crippen molar-refractivity contribution in [2.75, 3.05) is 19.8 Å². The van der Waals surface area contributed by atoms with Gasteiger partial charge in [0.15, 0.2) is 0 Å². The number of carbonyl (C=O) groups excluding carboxylic acids is 2. The fourth-order valence-corrected chi connectivity index (χ4v) is 1.80. The zero-order chi connectivity index (χ0) is 13.0. The molecule has 18 heavy (non-hydrogen) atoms. The van der Waals surface area contributed by atoms with E-state index in [0.717, 1.165) is 5.56 Å². The van der Waals surface area contributed by atoms with Crippen LogP contribution in [0.3, 0.4) is 0 Å². The summed E-state index contributed by atoms with van der Waals surface area (Å²) in [5.74, 6) is -2.92. The van der Waals surface area contributed by atoms with Crippen molar-refractivity contribution in [3.8, 4) is 0 Å². The molecule has 0 saturated carbocycles. The number of benzene rings is 1. The van der Waals surface area contributed by atoms with Crippen LogP contribution in [0, 0.1) is 0 Å². The van der Waals surface area contributed by atoms with Gasteiger partial charge in [0.05, 0.1) is 19.8 Å². The second-order valence-electron chi connectivity index (χ2n) is 3.86. The molecule has 1 aliphatic heterocycles. The van der Waals surface area contributed by atoms with Crippen LogP contribution in [0.4, 0.5) is 0 Å². The summed E-state index contributed by atoms with van der Waals surface area (Å²) in [5.41, 5.74) is 5.65. The lowest BCUT2D eigenvalue weighted by atomic mass is 10.1. The molecule has 0 aliphatic carbocycles. The summed E-state index contributed by atoms with van der Waals surface area (Å²) < 4.78 is 11.1. The van der Waals surface area contributed by atoms with E-state index in [9.17, 15) is 9.59 Å². The monoisotopic (exact) mass is 250 g/mol. The van der Waals surface area contributed by atoms with Crippen LogP contribution >= 0.6 is 0 Å². The van der Waals surface area contributed by atoms with E-state index in [1.54, 1.807) is 0 Å². The van der Waals surface area contributed by atoms with Crippen LogP contribution in [0.5, 0.6) is 0 Å². The Kier molecular flexibility index (Phi) is 3.59. The molecule has 2 amide bonds. The zero-order valence-electron chi connectivity index (χ0n) is 9.72. The Morgan fingerprint density at radius 3 is 2.39 bits per heavy atom. The fraction of sp³-hybridized carbons (Fsp3) is 0.333. The average Bonchev–Trinajstić information content (AvgIpc) is 2.87. The fourth-order valence-electron chi connectivity index (χ4n) is 1.80. The number of hydrogen-bond donors (Lipinski definition) is 2. The van der Waals surface area contributed by atoms with Gasteiger partial charge in [-0.2, -0.15) is 0 Å². The van der Waals surface area contributed by atoms with Crippen molar-refractivity contribution in [2.24, 2.45) is 5.73 Å². The quantitative estimate of drug-likeness (QED) is 0.707. The van der Waals surface area contributed by atoms with Crippen LogP contribution < -0.4 is 11.1 Å². The molecule has 1 heterocycles. The van der Waals surface area contributed by atoms with Gasteiger partial charge in [-0.3, -0.25) is 9.59 Å². The van der Waals surface area contributed by atoms with Gasteiger partial charge in [0.2, 0.25) is 5.79 Å². The summed E-state index contributed by atoms with van der Waals surface area (Å²) in [4.78, 5) is 21.8. The second kappa shape index (κ2) is 5.16. The van der Waals surface area contributed by atoms with Gasteiger partial charge < -0.3 is 20.5 Å². The highest BCUT2D eigenvalue weighted by Crippen LogP contribution is 2.30. The molecule has 0 radical (unpaired) electrons. The van der Waals surface area contributed by atoms with Gasteiger partial charge in [0, 0.05) is 5.56 Å². The Morgan fingerprint density at radius 1 is 1.22 bits per heavy atom. The highest BCUT2D eigenvalue weighted by atomic mass is 16.7. The van der Waals surface area contributed by atoms with Crippen molar-refractivity contribution in [3.63, 3.8) is 0 Å². The van der Waals surface area contributed by atoms with E-state index in [1.807, 2.05) is 30.3 Å². The second-order valence-corrected chi connectivity index (χ2v) is 3.86. The summed E-state index contributed by atoms with van der Waals surface area (Å²) >= 11 is 0. The Morgan fingerprint density at radius 2 is 1.83 bits per heavy atom. The molecule has 1 aromatic carbocycles. The van der Waals surface area contributed by atoms with E-state index in [-0.39, 0.29) is 6.54 Å². The van der Waals surface area contributed by atoms with Crippen LogP contribution in [0.1, 0.15) is 5.56 Å². The Bertz CT molecular complexity index is 441. The molecule has 6 heteroatoms. The summed E-state index contributed by atoms with van der Waals surface area (Å²) in [6.45, 7) is 0.904. The highest BCUT2D eigenvalue weighted by molar-refractivity contribution is 6.34. The number of amides is 2. The van der Waals surface area contributed by atoms with E-state index >= 15 is 0 Å². The Balaban J connectivity index is 2.13. The maximum Gasteiger partial charge on any atom is 0.309 e. The first-order valence-corrected chi connectivity index (χ1v) is 5.55. The molecule has 0 spiro atoms. The number of nitrogens with two attached hydrogens (primary N) is 1. The number of hydrogen-bond acceptors (Lipinski definition) is 4. The predicted octanol–water partition coefficient (Wildman–Crippen LogP) is -0.512. The first-order chi connectivity index (χ1) is 8.64. The summed E-state index contributed by atoms with van der Waals surface area (Å²) in [5, 5.41) is 2.40. The summed E-state index contributed by atoms with van der Waals surface area (Å²) in [7, 11) is 0. The van der Waals surface area contributed by atoms with Crippen LogP contribution in [0.2, 0.25) is 0 Å². The third-order valence-electron chi connectivity index (χ3n) is 2.67. The lowest BCUT2D eigenvalue weighted by Crippen LogP contribution is -2.45. The molecule has 0 aromatic heterocycles. The Labute approximate surface area is 104 Å². The van der Waals surface area contributed by atoms with E-state index in [0.29, 0.717) is 13.2 Å². The van der Waals surface area contributed by atoms with Gasteiger partial charge in [-0.15, -0.1) is 0 Å². The molecular weight excluding hydrogens is 236 g/mol. The number of carbonyl (C=O) groups is 2. The first kappa shape index (κ1) is 12.5. The topological polar surface area (TPSA) is 90.7 Å². The maximum atomic E-state index is 11.2. The molecule has 0 atom stereocenters. The van der Waals surface area contributed by atoms with E-state index in [1.165, 1.54) is 0 Å². The van der Waals surface area contributed by atoms with Crippen LogP contribution in [0.25, 0.3) is 0 Å². The third kappa shape index (κ3) is 2.49. The minimum atomic E-state index is -1.04. The lowest BCUT2D eigenvalue weighted by Gasteiger charge is -2.27. The first-order valence-electron chi connectivity index (χ1n) is 5.55. The highest BCUT2D eigenvalue weighted by Gasteiger charge is 2.39. The zero-order valence-corrected chi connectivity index (χ0v) is 9.72. The smallest absolute Gasteiger partial charge is 0.309 e. The van der Waals surface area contributed by atoms with Crippen LogP contribution in [-0.4, -0.2) is 31.6 Å². The standard InChI is InChI=1S/C12H14N2O4/c13-10(15)11(16)14-8-12(17-6-7-18-12)9-4-2-1-3-5-9/h1-5H,6-8H2,(H2,13,15)(H,14,16). The molecule has 6 nitrogen and oxygen atoms in total. The van der Waals surface area contributed by atoms with Gasteiger partial charge in [-0.1, -0.05) is 30.3 Å². The number of ether oxygens (including phenoxy) is 2. The molecule has 1 aliphatic rings. The molecule has 1 aromatic rings. The third-order valence-corrected chi connectivity index (χ3v) is 2.67. The normalized spacial score (nSPS) is 17.3. The molecule has 3 N–H and O–H groups in total. The minimum Gasteiger partial charge on any atom is -0.361 e. The number of primary amides is 1. The molecule has 2 rings (SSSR count). The number of nitrogens with one attached hydrogen (secondary N) is 1. The predicted molar refractivity (Wildman–Crippen MR) is 62.2 cm³/mol. The van der Waals surface area contributed by atoms with E-state index < -0.39 is 17.6 Å². The van der Waals surface area contributed by atoms with Crippen molar-refractivity contribution in [3.05, 3.63) is 35.9 Å². The van der Waals surface area contributed by atoms with E-state index in [4.69, 9.17) is 15.2 Å². The molecular formula is C12H14N2O4. The van der Waals surface area contributed by atoms with Crippen molar-refractivity contribution in [1.82, 2.24) is 5.32 Å². The average molecular weight is 250 g/mol. The Hall–Kier alpha value is -1.92. The largest absolute Gasteiger partial charge is 0.361 e. The molecule has 1 saturated heterocycles. The SMILES string of the molecule is NC(=O)C(=O)NCC1(c2ccccc2)OCCO1. The van der Waals surface area contributed by atoms with Gasteiger partial charge in [-0.25, -0.2) is 0 Å². The summed E-state index contributed by atoms with van der Waals surface area (Å²) in [6, 6.07) is 9.23. The van der Waals surface area contributed by atoms with Crippen molar-refractivity contribution in [1.29, 1.82) is 0 Å². The minimum absolute atomic E-state index is 0.0405.